The third-order valence-electron chi connectivity index (χ3n) is 5.32. The number of halogens is 2. The molecule has 4 rings (SSSR count). The van der Waals surface area contributed by atoms with Gasteiger partial charge in [-0.15, -0.1) is 0 Å². The summed E-state index contributed by atoms with van der Waals surface area (Å²) >= 11 is 0. The smallest absolute Gasteiger partial charge is 0.243 e. The second-order valence-electron chi connectivity index (χ2n) is 7.60. The zero-order valence-corrected chi connectivity index (χ0v) is 18.4. The number of nitrogens with zero attached hydrogens (tertiary/aromatic N) is 3. The van der Waals surface area contributed by atoms with Crippen molar-refractivity contribution >= 4 is 27.4 Å². The summed E-state index contributed by atoms with van der Waals surface area (Å²) in [7, 11) is -3.68. The van der Waals surface area contributed by atoms with Crippen LogP contribution in [-0.4, -0.2) is 49.8 Å². The van der Waals surface area contributed by atoms with Crippen LogP contribution in [0.25, 0.3) is 0 Å². The van der Waals surface area contributed by atoms with Gasteiger partial charge in [-0.2, -0.15) is 4.31 Å². The molecule has 33 heavy (non-hydrogen) atoms. The fourth-order valence-electron chi connectivity index (χ4n) is 3.55. The number of hydrogen-bond donors (Lipinski definition) is 1. The number of piperazine rings is 1. The van der Waals surface area contributed by atoms with Crippen LogP contribution in [0.1, 0.15) is 5.56 Å². The van der Waals surface area contributed by atoms with Gasteiger partial charge in [-0.05, 0) is 54.1 Å². The topological polar surface area (TPSA) is 82.6 Å². The normalized spacial score (nSPS) is 14.8. The maximum atomic E-state index is 13.1. The first-order valence-corrected chi connectivity index (χ1v) is 11.8. The van der Waals surface area contributed by atoms with E-state index in [1.165, 1.54) is 28.6 Å². The van der Waals surface area contributed by atoms with Crippen molar-refractivity contribution in [2.45, 2.75) is 11.3 Å². The molecule has 1 saturated heterocycles. The van der Waals surface area contributed by atoms with Gasteiger partial charge in [0.05, 0.1) is 23.2 Å². The van der Waals surface area contributed by atoms with Crippen LogP contribution in [0.15, 0.2) is 71.8 Å². The van der Waals surface area contributed by atoms with E-state index >= 15 is 0 Å². The summed E-state index contributed by atoms with van der Waals surface area (Å²) in [5.74, 6) is -0.408. The lowest BCUT2D eigenvalue weighted by Crippen LogP contribution is -2.48. The molecular formula is C23H22F2N4O3S. The first kappa shape index (κ1) is 22.8. The van der Waals surface area contributed by atoms with Gasteiger partial charge in [0.2, 0.25) is 15.9 Å². The van der Waals surface area contributed by atoms with E-state index in [1.807, 2.05) is 4.90 Å². The Hall–Kier alpha value is -3.37. The van der Waals surface area contributed by atoms with Crippen LogP contribution < -0.4 is 10.2 Å². The van der Waals surface area contributed by atoms with Gasteiger partial charge in [-0.25, -0.2) is 22.2 Å². The van der Waals surface area contributed by atoms with Crippen molar-refractivity contribution in [2.75, 3.05) is 36.4 Å². The Balaban J connectivity index is 1.32. The molecule has 1 aromatic heterocycles. The number of anilines is 2. The number of carbonyl (C=O) groups excluding carboxylic acids is 1. The van der Waals surface area contributed by atoms with Crippen LogP contribution >= 0.6 is 0 Å². The molecule has 0 spiro atoms. The number of hydrogen-bond acceptors (Lipinski definition) is 5. The van der Waals surface area contributed by atoms with Crippen molar-refractivity contribution in [3.05, 3.63) is 84.1 Å². The fourth-order valence-corrected chi connectivity index (χ4v) is 4.98. The summed E-state index contributed by atoms with van der Waals surface area (Å²) in [5, 5.41) is 2.76. The van der Waals surface area contributed by atoms with E-state index in [4.69, 9.17) is 0 Å². The van der Waals surface area contributed by atoms with Crippen molar-refractivity contribution in [1.82, 2.24) is 9.29 Å². The molecule has 1 amide bonds. The summed E-state index contributed by atoms with van der Waals surface area (Å²) in [4.78, 5) is 18.6. The number of amides is 1. The van der Waals surface area contributed by atoms with Crippen LogP contribution in [0.2, 0.25) is 0 Å². The molecule has 1 N–H and O–H groups in total. The number of sulfonamides is 1. The molecule has 2 aromatic carbocycles. The molecule has 0 unspecified atom stereocenters. The third-order valence-corrected chi connectivity index (χ3v) is 7.24. The quantitative estimate of drug-likeness (QED) is 0.596. The minimum atomic E-state index is -3.68. The van der Waals surface area contributed by atoms with Crippen molar-refractivity contribution in [1.29, 1.82) is 0 Å². The molecule has 1 aliphatic rings. The van der Waals surface area contributed by atoms with Gasteiger partial charge in [-0.3, -0.25) is 4.79 Å². The highest BCUT2D eigenvalue weighted by Crippen LogP contribution is 2.21. The monoisotopic (exact) mass is 472 g/mol. The Kier molecular flexibility index (Phi) is 6.66. The van der Waals surface area contributed by atoms with Crippen molar-refractivity contribution in [2.24, 2.45) is 0 Å². The average Bonchev–Trinajstić information content (AvgIpc) is 2.81. The minimum absolute atomic E-state index is 0.0659. The molecule has 0 aliphatic carbocycles. The molecule has 0 saturated carbocycles. The largest absolute Gasteiger partial charge is 0.354 e. The van der Waals surface area contributed by atoms with E-state index in [0.717, 1.165) is 12.1 Å². The Morgan fingerprint density at radius 1 is 0.879 bits per heavy atom. The first-order valence-electron chi connectivity index (χ1n) is 10.3. The highest BCUT2D eigenvalue weighted by atomic mass is 32.2. The highest BCUT2D eigenvalue weighted by Gasteiger charge is 2.28. The maximum Gasteiger partial charge on any atom is 0.243 e. The Labute approximate surface area is 190 Å². The van der Waals surface area contributed by atoms with Crippen molar-refractivity contribution < 1.29 is 22.0 Å². The van der Waals surface area contributed by atoms with Crippen LogP contribution in [0.3, 0.4) is 0 Å². The summed E-state index contributed by atoms with van der Waals surface area (Å²) in [5.41, 5.74) is 1.23. The predicted molar refractivity (Wildman–Crippen MR) is 120 cm³/mol. The third kappa shape index (κ3) is 5.52. The lowest BCUT2D eigenvalue weighted by Gasteiger charge is -2.34. The van der Waals surface area contributed by atoms with E-state index < -0.39 is 15.8 Å². The SMILES string of the molecule is O=C(Cc1ccc(F)cc1)Nc1ccc(N2CCN(S(=O)(=O)c3ccc(F)cc3)CC2)nc1. The van der Waals surface area contributed by atoms with Gasteiger partial charge in [0.25, 0.3) is 0 Å². The van der Waals surface area contributed by atoms with Crippen LogP contribution in [0.4, 0.5) is 20.3 Å². The number of nitrogens with one attached hydrogen (secondary N) is 1. The molecule has 1 fully saturated rings. The van der Waals surface area contributed by atoms with Crippen LogP contribution in [0.5, 0.6) is 0 Å². The van der Waals surface area contributed by atoms with Crippen LogP contribution in [-0.2, 0) is 21.2 Å². The summed E-state index contributed by atoms with van der Waals surface area (Å²) in [6, 6.07) is 14.0. The molecule has 0 bridgehead atoms. The molecule has 0 atom stereocenters. The van der Waals surface area contributed by atoms with Gasteiger partial charge in [0.15, 0.2) is 0 Å². The van der Waals surface area contributed by atoms with Crippen molar-refractivity contribution in [3.63, 3.8) is 0 Å². The molecule has 2 heterocycles. The van der Waals surface area contributed by atoms with E-state index in [-0.39, 0.29) is 36.1 Å². The molecule has 0 radical (unpaired) electrons. The number of carbonyl (C=O) groups is 1. The predicted octanol–water partition coefficient (Wildman–Crippen LogP) is 3.05. The summed E-state index contributed by atoms with van der Waals surface area (Å²) in [6.07, 6.45) is 1.66. The zero-order valence-electron chi connectivity index (χ0n) is 17.6. The molecule has 3 aromatic rings. The Bertz CT molecular complexity index is 1210. The summed E-state index contributed by atoms with van der Waals surface area (Å²) < 4.78 is 53.0. The lowest BCUT2D eigenvalue weighted by molar-refractivity contribution is -0.115. The second-order valence-corrected chi connectivity index (χ2v) is 9.54. The highest BCUT2D eigenvalue weighted by molar-refractivity contribution is 7.89. The Morgan fingerprint density at radius 3 is 2.06 bits per heavy atom. The lowest BCUT2D eigenvalue weighted by atomic mass is 10.1. The minimum Gasteiger partial charge on any atom is -0.354 e. The molecule has 7 nitrogen and oxygen atoms in total. The molecule has 1 aliphatic heterocycles. The Morgan fingerprint density at radius 2 is 1.48 bits per heavy atom. The van der Waals surface area contributed by atoms with Gasteiger partial charge in [0, 0.05) is 26.2 Å². The van der Waals surface area contributed by atoms with Gasteiger partial charge < -0.3 is 10.2 Å². The van der Waals surface area contributed by atoms with Crippen molar-refractivity contribution in [3.8, 4) is 0 Å². The van der Waals surface area contributed by atoms with E-state index in [1.54, 1.807) is 30.5 Å². The van der Waals surface area contributed by atoms with Gasteiger partial charge in [0.1, 0.15) is 17.5 Å². The zero-order chi connectivity index (χ0) is 23.4. The van der Waals surface area contributed by atoms with E-state index in [0.29, 0.717) is 30.2 Å². The van der Waals surface area contributed by atoms with Gasteiger partial charge in [-0.1, -0.05) is 12.1 Å². The standard InChI is InChI=1S/C23H22F2N4O3S/c24-18-3-1-17(2-4-18)15-23(30)27-20-7-10-22(26-16-20)28-11-13-29(14-12-28)33(31,32)21-8-5-19(25)6-9-21/h1-10,16H,11-15H2,(H,27,30). The molecule has 172 valence electrons. The van der Waals surface area contributed by atoms with Crippen LogP contribution in [0, 0.1) is 11.6 Å². The van der Waals surface area contributed by atoms with E-state index in [2.05, 4.69) is 10.3 Å². The fraction of sp³-hybridized carbons (Fsp3) is 0.217. The number of pyridine rings is 1. The number of benzene rings is 2. The number of aromatic nitrogens is 1. The maximum absolute atomic E-state index is 13.1. The average molecular weight is 473 g/mol. The second kappa shape index (κ2) is 9.63. The van der Waals surface area contributed by atoms with Gasteiger partial charge >= 0.3 is 0 Å². The summed E-state index contributed by atoms with van der Waals surface area (Å²) in [6.45, 7) is 1.45. The van der Waals surface area contributed by atoms with E-state index in [9.17, 15) is 22.0 Å². The molecular weight excluding hydrogens is 450 g/mol. The number of rotatable bonds is 6. The molecule has 10 heteroatoms. The first-order chi connectivity index (χ1) is 15.8.